The fourth-order valence-electron chi connectivity index (χ4n) is 0.773. The van der Waals surface area contributed by atoms with E-state index < -0.39 is 28.9 Å². The van der Waals surface area contributed by atoms with Crippen molar-refractivity contribution in [3.63, 3.8) is 0 Å². The quantitative estimate of drug-likeness (QED) is 0.744. The molecule has 70 valence electrons. The van der Waals surface area contributed by atoms with Crippen LogP contribution in [-0.2, 0) is 0 Å². The van der Waals surface area contributed by atoms with Gasteiger partial charge in [0.25, 0.3) is 5.91 Å². The lowest BCUT2D eigenvalue weighted by molar-refractivity contribution is 0.0996. The number of phenols is 1. The molecule has 0 aliphatic carbocycles. The minimum atomic E-state index is -1.50. The summed E-state index contributed by atoms with van der Waals surface area (Å²) >= 11 is 2.67. The molecule has 1 aromatic rings. The second-order valence-electron chi connectivity index (χ2n) is 2.25. The van der Waals surface area contributed by atoms with Crippen LogP contribution < -0.4 is 5.73 Å². The number of carbonyl (C=O) groups excluding carboxylic acids is 1. The van der Waals surface area contributed by atoms with E-state index in [1.54, 1.807) is 0 Å². The molecule has 3 N–H and O–H groups in total. The Morgan fingerprint density at radius 3 is 2.46 bits per heavy atom. The predicted molar refractivity (Wildman–Crippen MR) is 44.2 cm³/mol. The molecule has 1 aromatic carbocycles. The average molecular weight is 252 g/mol. The molecule has 0 radical (unpaired) electrons. The van der Waals surface area contributed by atoms with Gasteiger partial charge in [0.1, 0.15) is 0 Å². The maximum absolute atomic E-state index is 12.7. The average Bonchev–Trinajstić information content (AvgIpc) is 2.07. The number of aromatic hydroxyl groups is 1. The van der Waals surface area contributed by atoms with Crippen molar-refractivity contribution >= 4 is 21.8 Å². The van der Waals surface area contributed by atoms with E-state index in [0.29, 0.717) is 0 Å². The number of carbonyl (C=O) groups is 1. The van der Waals surface area contributed by atoms with Gasteiger partial charge in [-0.05, 0) is 22.0 Å². The fourth-order valence-corrected chi connectivity index (χ4v) is 1.18. The van der Waals surface area contributed by atoms with Gasteiger partial charge in [-0.3, -0.25) is 4.79 Å². The molecule has 0 spiro atoms. The van der Waals surface area contributed by atoms with Crippen molar-refractivity contribution in [2.24, 2.45) is 5.73 Å². The summed E-state index contributed by atoms with van der Waals surface area (Å²) < 4.78 is 25.2. The van der Waals surface area contributed by atoms with E-state index >= 15 is 0 Å². The summed E-state index contributed by atoms with van der Waals surface area (Å²) in [6.45, 7) is 0. The van der Waals surface area contributed by atoms with Crippen LogP contribution in [0.25, 0.3) is 0 Å². The van der Waals surface area contributed by atoms with Gasteiger partial charge in [0.2, 0.25) is 5.82 Å². The summed E-state index contributed by atoms with van der Waals surface area (Å²) in [6, 6.07) is 0.913. The maximum atomic E-state index is 12.7. The summed E-state index contributed by atoms with van der Waals surface area (Å²) in [4.78, 5) is 10.6. The number of halogens is 3. The van der Waals surface area contributed by atoms with Gasteiger partial charge in [-0.2, -0.15) is 4.39 Å². The standard InChI is InChI=1S/C7H4BrF2NO2/c8-3-1-2(7(11)13)6(12)5(10)4(3)9/h1,12H,(H2,11,13). The summed E-state index contributed by atoms with van der Waals surface area (Å²) in [7, 11) is 0. The van der Waals surface area contributed by atoms with Gasteiger partial charge in [0.05, 0.1) is 10.0 Å². The van der Waals surface area contributed by atoms with E-state index in [4.69, 9.17) is 10.8 Å². The van der Waals surface area contributed by atoms with Crippen molar-refractivity contribution in [1.29, 1.82) is 0 Å². The van der Waals surface area contributed by atoms with Gasteiger partial charge in [0, 0.05) is 0 Å². The molecule has 1 rings (SSSR count). The Morgan fingerprint density at radius 2 is 2.00 bits per heavy atom. The second-order valence-corrected chi connectivity index (χ2v) is 3.10. The van der Waals surface area contributed by atoms with Crippen molar-refractivity contribution in [1.82, 2.24) is 0 Å². The Kier molecular flexibility index (Phi) is 2.51. The number of hydrogen-bond acceptors (Lipinski definition) is 2. The van der Waals surface area contributed by atoms with Crippen LogP contribution in [0.3, 0.4) is 0 Å². The first-order chi connectivity index (χ1) is 5.95. The summed E-state index contributed by atoms with van der Waals surface area (Å²) in [6.07, 6.45) is 0. The van der Waals surface area contributed by atoms with Crippen molar-refractivity contribution in [2.75, 3.05) is 0 Å². The molecule has 0 bridgehead atoms. The van der Waals surface area contributed by atoms with Gasteiger partial charge in [-0.25, -0.2) is 4.39 Å². The number of primary amides is 1. The van der Waals surface area contributed by atoms with Crippen LogP contribution in [0.2, 0.25) is 0 Å². The lowest BCUT2D eigenvalue weighted by Gasteiger charge is -2.03. The number of rotatable bonds is 1. The van der Waals surface area contributed by atoms with Gasteiger partial charge >= 0.3 is 0 Å². The molecule has 0 heterocycles. The van der Waals surface area contributed by atoms with Gasteiger partial charge in [-0.15, -0.1) is 0 Å². The minimum Gasteiger partial charge on any atom is -0.504 e. The lowest BCUT2D eigenvalue weighted by Crippen LogP contribution is -2.12. The highest BCUT2D eigenvalue weighted by Crippen LogP contribution is 2.29. The molecule has 0 fully saturated rings. The molecule has 0 saturated carbocycles. The first kappa shape index (κ1) is 9.91. The zero-order valence-electron chi connectivity index (χ0n) is 6.14. The Morgan fingerprint density at radius 1 is 1.46 bits per heavy atom. The lowest BCUT2D eigenvalue weighted by atomic mass is 10.2. The van der Waals surface area contributed by atoms with Crippen LogP contribution in [0.1, 0.15) is 10.4 Å². The molecule has 0 atom stereocenters. The predicted octanol–water partition coefficient (Wildman–Crippen LogP) is 1.53. The normalized spacial score (nSPS) is 10.1. The summed E-state index contributed by atoms with van der Waals surface area (Å²) in [5.74, 6) is -4.86. The monoisotopic (exact) mass is 251 g/mol. The van der Waals surface area contributed by atoms with Crippen molar-refractivity contribution in [3.05, 3.63) is 27.7 Å². The Hall–Kier alpha value is -1.17. The zero-order chi connectivity index (χ0) is 10.2. The molecule has 13 heavy (non-hydrogen) atoms. The Labute approximate surface area is 80.3 Å². The van der Waals surface area contributed by atoms with Crippen molar-refractivity contribution in [2.45, 2.75) is 0 Å². The van der Waals surface area contributed by atoms with Crippen LogP contribution >= 0.6 is 15.9 Å². The van der Waals surface area contributed by atoms with Gasteiger partial charge < -0.3 is 10.8 Å². The largest absolute Gasteiger partial charge is 0.504 e. The van der Waals surface area contributed by atoms with Crippen LogP contribution in [0.5, 0.6) is 5.75 Å². The van der Waals surface area contributed by atoms with Crippen LogP contribution in [0, 0.1) is 11.6 Å². The third-order valence-corrected chi connectivity index (χ3v) is 1.98. The smallest absolute Gasteiger partial charge is 0.252 e. The van der Waals surface area contributed by atoms with E-state index in [0.717, 1.165) is 6.07 Å². The van der Waals surface area contributed by atoms with Crippen molar-refractivity contribution in [3.8, 4) is 5.75 Å². The minimum absolute atomic E-state index is 0.267. The van der Waals surface area contributed by atoms with E-state index in [2.05, 4.69) is 15.9 Å². The second kappa shape index (κ2) is 3.29. The number of benzene rings is 1. The highest BCUT2D eigenvalue weighted by atomic mass is 79.9. The van der Waals surface area contributed by atoms with E-state index in [9.17, 15) is 13.6 Å². The van der Waals surface area contributed by atoms with Crippen LogP contribution in [0.4, 0.5) is 8.78 Å². The van der Waals surface area contributed by atoms with E-state index in [1.165, 1.54) is 0 Å². The molecule has 0 unspecified atom stereocenters. The summed E-state index contributed by atoms with van der Waals surface area (Å²) in [5.41, 5.74) is 4.33. The third kappa shape index (κ3) is 1.62. The molecule has 6 heteroatoms. The Balaban J connectivity index is 3.50. The number of nitrogens with two attached hydrogens (primary N) is 1. The fraction of sp³-hybridized carbons (Fsp3) is 0. The molecule has 1 amide bonds. The third-order valence-electron chi connectivity index (χ3n) is 1.40. The van der Waals surface area contributed by atoms with Gasteiger partial charge in [0.15, 0.2) is 11.6 Å². The van der Waals surface area contributed by atoms with Crippen molar-refractivity contribution < 1.29 is 18.7 Å². The number of hydrogen-bond donors (Lipinski definition) is 2. The highest BCUT2D eigenvalue weighted by Gasteiger charge is 2.19. The van der Waals surface area contributed by atoms with Crippen LogP contribution in [-0.4, -0.2) is 11.0 Å². The molecule has 0 saturated heterocycles. The molecule has 0 aromatic heterocycles. The first-order valence-electron chi connectivity index (χ1n) is 3.11. The molecular weight excluding hydrogens is 248 g/mol. The molecule has 0 aliphatic rings. The molecule has 0 aliphatic heterocycles. The van der Waals surface area contributed by atoms with E-state index in [-0.39, 0.29) is 4.47 Å². The number of amides is 1. The zero-order valence-corrected chi connectivity index (χ0v) is 7.73. The molecular formula is C7H4BrF2NO2. The summed E-state index contributed by atoms with van der Waals surface area (Å²) in [5, 5.41) is 8.94. The SMILES string of the molecule is NC(=O)c1cc(Br)c(F)c(F)c1O. The Bertz CT molecular complexity index is 381. The highest BCUT2D eigenvalue weighted by molar-refractivity contribution is 9.10. The molecule has 3 nitrogen and oxygen atoms in total. The van der Waals surface area contributed by atoms with Gasteiger partial charge in [-0.1, -0.05) is 0 Å². The maximum Gasteiger partial charge on any atom is 0.252 e. The topological polar surface area (TPSA) is 63.3 Å². The first-order valence-corrected chi connectivity index (χ1v) is 3.90. The van der Waals surface area contributed by atoms with Crippen LogP contribution in [0.15, 0.2) is 10.5 Å². The van der Waals surface area contributed by atoms with E-state index in [1.807, 2.05) is 0 Å².